The minimum Gasteiger partial charge on any atom is -0.454 e. The zero-order chi connectivity index (χ0) is 14.7. The van der Waals surface area contributed by atoms with E-state index in [1.165, 1.54) is 37.9 Å². The van der Waals surface area contributed by atoms with Crippen molar-refractivity contribution in [3.63, 3.8) is 0 Å². The Labute approximate surface area is 127 Å². The van der Waals surface area contributed by atoms with Crippen molar-refractivity contribution in [1.29, 1.82) is 0 Å². The Hall–Kier alpha value is -1.26. The second-order valence-electron chi connectivity index (χ2n) is 6.16. The Morgan fingerprint density at radius 1 is 1.24 bits per heavy atom. The van der Waals surface area contributed by atoms with Crippen LogP contribution >= 0.6 is 0 Å². The van der Waals surface area contributed by atoms with E-state index in [1.807, 2.05) is 13.1 Å². The molecule has 0 aromatic heterocycles. The molecule has 116 valence electrons. The fourth-order valence-corrected chi connectivity index (χ4v) is 3.36. The van der Waals surface area contributed by atoms with Gasteiger partial charge >= 0.3 is 0 Å². The molecule has 3 rings (SSSR count). The first-order valence-electron chi connectivity index (χ1n) is 8.06. The van der Waals surface area contributed by atoms with Crippen molar-refractivity contribution in [2.24, 2.45) is 5.92 Å². The molecule has 1 aromatic carbocycles. The highest BCUT2D eigenvalue weighted by atomic mass is 16.7. The Morgan fingerprint density at radius 2 is 2.00 bits per heavy atom. The van der Waals surface area contributed by atoms with E-state index in [4.69, 9.17) is 9.47 Å². The fourth-order valence-electron chi connectivity index (χ4n) is 3.36. The van der Waals surface area contributed by atoms with Crippen LogP contribution in [-0.2, 0) is 0 Å². The van der Waals surface area contributed by atoms with Crippen molar-refractivity contribution in [2.45, 2.75) is 32.2 Å². The highest BCUT2D eigenvalue weighted by molar-refractivity contribution is 5.45. The van der Waals surface area contributed by atoms with Crippen molar-refractivity contribution in [3.8, 4) is 11.5 Å². The van der Waals surface area contributed by atoms with Gasteiger partial charge in [0.15, 0.2) is 11.5 Å². The van der Waals surface area contributed by atoms with Crippen LogP contribution in [-0.4, -0.2) is 38.4 Å². The van der Waals surface area contributed by atoms with Crippen LogP contribution in [0.1, 0.15) is 37.8 Å². The van der Waals surface area contributed by atoms with Gasteiger partial charge in [-0.05, 0) is 76.5 Å². The van der Waals surface area contributed by atoms with E-state index in [0.29, 0.717) is 12.8 Å². The first kappa shape index (κ1) is 14.7. The predicted octanol–water partition coefficient (Wildman–Crippen LogP) is 2.80. The van der Waals surface area contributed by atoms with Crippen molar-refractivity contribution < 1.29 is 9.47 Å². The lowest BCUT2D eigenvalue weighted by Crippen LogP contribution is -2.36. The Morgan fingerprint density at radius 3 is 2.76 bits per heavy atom. The summed E-state index contributed by atoms with van der Waals surface area (Å²) in [5.41, 5.74) is 1.33. The molecule has 0 saturated carbocycles. The van der Waals surface area contributed by atoms with Crippen LogP contribution in [0.5, 0.6) is 11.5 Å². The number of nitrogens with one attached hydrogen (secondary N) is 1. The minimum absolute atomic E-state index is 0.351. The number of likely N-dealkylation sites (tertiary alicyclic amines) is 1. The van der Waals surface area contributed by atoms with Crippen LogP contribution in [0.25, 0.3) is 0 Å². The van der Waals surface area contributed by atoms with Crippen molar-refractivity contribution in [1.82, 2.24) is 10.2 Å². The minimum atomic E-state index is 0.351. The van der Waals surface area contributed by atoms with E-state index in [2.05, 4.69) is 29.3 Å². The lowest BCUT2D eigenvalue weighted by atomic mass is 9.92. The molecular formula is C17H26N2O2. The van der Waals surface area contributed by atoms with Gasteiger partial charge in [0, 0.05) is 6.04 Å². The van der Waals surface area contributed by atoms with Crippen LogP contribution in [0, 0.1) is 5.92 Å². The molecule has 4 nitrogen and oxygen atoms in total. The van der Waals surface area contributed by atoms with Gasteiger partial charge < -0.3 is 14.8 Å². The topological polar surface area (TPSA) is 33.7 Å². The molecule has 0 radical (unpaired) electrons. The molecule has 4 heteroatoms. The second-order valence-corrected chi connectivity index (χ2v) is 6.16. The standard InChI is InChI=1S/C17H26N2O2/c1-13(15-3-4-16-17(11-15)21-12-20-16)19-9-6-14(7-10-19)5-8-18-2/h3-4,11,13-14,18H,5-10,12H2,1-2H3. The lowest BCUT2D eigenvalue weighted by Gasteiger charge is -2.36. The Balaban J connectivity index is 1.57. The smallest absolute Gasteiger partial charge is 0.231 e. The number of hydrogen-bond donors (Lipinski definition) is 1. The Kier molecular flexibility index (Phi) is 4.66. The van der Waals surface area contributed by atoms with Crippen LogP contribution in [0.4, 0.5) is 0 Å². The third kappa shape index (κ3) is 3.33. The van der Waals surface area contributed by atoms with E-state index < -0.39 is 0 Å². The van der Waals surface area contributed by atoms with E-state index in [0.717, 1.165) is 24.0 Å². The summed E-state index contributed by atoms with van der Waals surface area (Å²) in [6.07, 6.45) is 3.94. The normalized spacial score (nSPS) is 20.7. The molecule has 2 aliphatic rings. The molecule has 1 N–H and O–H groups in total. The zero-order valence-corrected chi connectivity index (χ0v) is 13.1. The first-order valence-corrected chi connectivity index (χ1v) is 8.06. The van der Waals surface area contributed by atoms with Crippen molar-refractivity contribution in [3.05, 3.63) is 23.8 Å². The molecule has 0 aliphatic carbocycles. The monoisotopic (exact) mass is 290 g/mol. The molecular weight excluding hydrogens is 264 g/mol. The summed E-state index contributed by atoms with van der Waals surface area (Å²) in [6.45, 7) is 6.19. The summed E-state index contributed by atoms with van der Waals surface area (Å²) in [6, 6.07) is 6.80. The number of benzene rings is 1. The number of nitrogens with zero attached hydrogens (tertiary/aromatic N) is 1. The highest BCUT2D eigenvalue weighted by Gasteiger charge is 2.24. The van der Waals surface area contributed by atoms with Crippen molar-refractivity contribution >= 4 is 0 Å². The third-order valence-corrected chi connectivity index (χ3v) is 4.88. The summed E-state index contributed by atoms with van der Waals surface area (Å²) in [5, 5.41) is 3.26. The molecule has 0 amide bonds. The van der Waals surface area contributed by atoms with Crippen LogP contribution in [0.2, 0.25) is 0 Å². The van der Waals surface area contributed by atoms with Gasteiger partial charge in [0.1, 0.15) is 0 Å². The summed E-state index contributed by atoms with van der Waals surface area (Å²) >= 11 is 0. The van der Waals surface area contributed by atoms with Gasteiger partial charge in [-0.1, -0.05) is 6.07 Å². The van der Waals surface area contributed by atoms with Gasteiger partial charge in [0.2, 0.25) is 6.79 Å². The maximum Gasteiger partial charge on any atom is 0.231 e. The third-order valence-electron chi connectivity index (χ3n) is 4.88. The quantitative estimate of drug-likeness (QED) is 0.904. The van der Waals surface area contributed by atoms with E-state index in [1.54, 1.807) is 0 Å². The summed E-state index contributed by atoms with van der Waals surface area (Å²) in [5.74, 6) is 2.65. The van der Waals surface area contributed by atoms with Crippen LogP contribution in [0.3, 0.4) is 0 Å². The summed E-state index contributed by atoms with van der Waals surface area (Å²) in [7, 11) is 2.04. The number of ether oxygens (including phenoxy) is 2. The van der Waals surface area contributed by atoms with Gasteiger partial charge in [-0.3, -0.25) is 4.90 Å². The van der Waals surface area contributed by atoms with E-state index >= 15 is 0 Å². The fraction of sp³-hybridized carbons (Fsp3) is 0.647. The van der Waals surface area contributed by atoms with Gasteiger partial charge in [-0.25, -0.2) is 0 Å². The molecule has 1 atom stereocenters. The second kappa shape index (κ2) is 6.67. The molecule has 2 aliphatic heterocycles. The van der Waals surface area contributed by atoms with Crippen LogP contribution < -0.4 is 14.8 Å². The molecule has 1 saturated heterocycles. The number of hydrogen-bond acceptors (Lipinski definition) is 4. The lowest BCUT2D eigenvalue weighted by molar-refractivity contribution is 0.137. The van der Waals surface area contributed by atoms with Gasteiger partial charge in [0.05, 0.1) is 0 Å². The van der Waals surface area contributed by atoms with Crippen LogP contribution in [0.15, 0.2) is 18.2 Å². The van der Waals surface area contributed by atoms with Gasteiger partial charge in [0.25, 0.3) is 0 Å². The average Bonchev–Trinajstić information content (AvgIpc) is 3.00. The molecule has 0 spiro atoms. The summed E-state index contributed by atoms with van der Waals surface area (Å²) in [4.78, 5) is 2.59. The predicted molar refractivity (Wildman–Crippen MR) is 83.8 cm³/mol. The maximum atomic E-state index is 5.49. The molecule has 1 aromatic rings. The number of fused-ring (bicyclic) bond motifs is 1. The molecule has 0 bridgehead atoms. The zero-order valence-electron chi connectivity index (χ0n) is 13.1. The Bertz CT molecular complexity index is 470. The molecule has 2 heterocycles. The average molecular weight is 290 g/mol. The molecule has 1 unspecified atom stereocenters. The van der Waals surface area contributed by atoms with Gasteiger partial charge in [-0.15, -0.1) is 0 Å². The maximum absolute atomic E-state index is 5.49. The summed E-state index contributed by atoms with van der Waals surface area (Å²) < 4.78 is 10.9. The first-order chi connectivity index (χ1) is 10.3. The highest BCUT2D eigenvalue weighted by Crippen LogP contribution is 2.36. The number of rotatable bonds is 5. The molecule has 1 fully saturated rings. The number of piperidine rings is 1. The van der Waals surface area contributed by atoms with Gasteiger partial charge in [-0.2, -0.15) is 0 Å². The van der Waals surface area contributed by atoms with E-state index in [-0.39, 0.29) is 0 Å². The SMILES string of the molecule is CNCCC1CCN(C(C)c2ccc3c(c2)OCO3)CC1. The van der Waals surface area contributed by atoms with Crippen molar-refractivity contribution in [2.75, 3.05) is 33.5 Å². The largest absolute Gasteiger partial charge is 0.454 e. The van der Waals surface area contributed by atoms with E-state index in [9.17, 15) is 0 Å². The molecule has 21 heavy (non-hydrogen) atoms.